The molecule has 2 aromatic rings. The smallest absolute Gasteiger partial charge is 0.387 e. The largest absolute Gasteiger partial charge is 0.435 e. The monoisotopic (exact) mass is 346 g/mol. The van der Waals surface area contributed by atoms with Gasteiger partial charge in [0.05, 0.1) is 0 Å². The molecule has 0 saturated carbocycles. The average molecular weight is 346 g/mol. The second-order valence-corrected chi connectivity index (χ2v) is 5.63. The van der Waals surface area contributed by atoms with Gasteiger partial charge in [-0.3, -0.25) is 9.59 Å². The van der Waals surface area contributed by atoms with E-state index in [1.165, 1.54) is 12.1 Å². The molecule has 7 heteroatoms. The molecule has 0 fully saturated rings. The van der Waals surface area contributed by atoms with E-state index in [2.05, 4.69) is 15.4 Å². The van der Waals surface area contributed by atoms with Crippen LogP contribution in [0, 0.1) is 0 Å². The molecule has 1 aliphatic heterocycles. The number of nitrogens with one attached hydrogen (secondary N) is 2. The number of benzene rings is 2. The van der Waals surface area contributed by atoms with Crippen LogP contribution in [0.1, 0.15) is 27.9 Å². The molecule has 5 nitrogen and oxygen atoms in total. The van der Waals surface area contributed by atoms with Crippen LogP contribution >= 0.6 is 0 Å². The Morgan fingerprint density at radius 1 is 1.16 bits per heavy atom. The molecular formula is C18H16F2N2O3. The molecule has 0 aromatic heterocycles. The lowest BCUT2D eigenvalue weighted by atomic mass is 10.00. The van der Waals surface area contributed by atoms with Gasteiger partial charge in [0.25, 0.3) is 5.91 Å². The van der Waals surface area contributed by atoms with Gasteiger partial charge in [-0.15, -0.1) is 0 Å². The first-order valence-corrected chi connectivity index (χ1v) is 7.76. The molecule has 0 unspecified atom stereocenters. The lowest BCUT2D eigenvalue weighted by molar-refractivity contribution is -0.116. The van der Waals surface area contributed by atoms with Gasteiger partial charge < -0.3 is 15.4 Å². The molecule has 1 aliphatic rings. The third-order valence-electron chi connectivity index (χ3n) is 3.86. The van der Waals surface area contributed by atoms with Crippen LogP contribution in [-0.2, 0) is 17.8 Å². The number of hydrogen-bond acceptors (Lipinski definition) is 3. The van der Waals surface area contributed by atoms with Gasteiger partial charge in [-0.25, -0.2) is 0 Å². The van der Waals surface area contributed by atoms with Crippen molar-refractivity contribution in [3.05, 3.63) is 59.2 Å². The second-order valence-electron chi connectivity index (χ2n) is 5.63. The van der Waals surface area contributed by atoms with Crippen molar-refractivity contribution in [2.24, 2.45) is 0 Å². The molecule has 130 valence electrons. The van der Waals surface area contributed by atoms with E-state index in [0.717, 1.165) is 16.8 Å². The summed E-state index contributed by atoms with van der Waals surface area (Å²) in [5.74, 6) is -0.196. The number of hydrogen-bond donors (Lipinski definition) is 2. The van der Waals surface area contributed by atoms with Crippen molar-refractivity contribution in [2.75, 3.05) is 5.32 Å². The molecule has 0 saturated heterocycles. The Bertz CT molecular complexity index is 791. The third kappa shape index (κ3) is 4.32. The summed E-state index contributed by atoms with van der Waals surface area (Å²) in [6, 6.07) is 11.2. The van der Waals surface area contributed by atoms with E-state index < -0.39 is 6.61 Å². The van der Waals surface area contributed by atoms with Crippen molar-refractivity contribution in [3.63, 3.8) is 0 Å². The number of rotatable bonds is 5. The average Bonchev–Trinajstić information content (AvgIpc) is 2.60. The molecule has 0 bridgehead atoms. The lowest BCUT2D eigenvalue weighted by Crippen LogP contribution is -2.24. The number of aryl methyl sites for hydroxylation is 1. The summed E-state index contributed by atoms with van der Waals surface area (Å²) < 4.78 is 28.5. The Balaban J connectivity index is 1.60. The predicted molar refractivity (Wildman–Crippen MR) is 87.6 cm³/mol. The highest BCUT2D eigenvalue weighted by Gasteiger charge is 2.16. The maximum Gasteiger partial charge on any atom is 0.387 e. The minimum absolute atomic E-state index is 0.0241. The number of anilines is 1. The predicted octanol–water partition coefficient (Wildman–Crippen LogP) is 3.10. The summed E-state index contributed by atoms with van der Waals surface area (Å²) in [5, 5.41) is 5.54. The number of fused-ring (bicyclic) bond motifs is 1. The van der Waals surface area contributed by atoms with Crippen LogP contribution in [0.5, 0.6) is 5.75 Å². The van der Waals surface area contributed by atoms with E-state index in [0.29, 0.717) is 18.4 Å². The molecule has 2 N–H and O–H groups in total. The van der Waals surface area contributed by atoms with Gasteiger partial charge in [-0.1, -0.05) is 12.1 Å². The summed E-state index contributed by atoms with van der Waals surface area (Å²) in [6.45, 7) is -2.60. The Hall–Kier alpha value is -2.96. The van der Waals surface area contributed by atoms with Crippen molar-refractivity contribution >= 4 is 17.5 Å². The Morgan fingerprint density at radius 3 is 2.64 bits per heavy atom. The summed E-state index contributed by atoms with van der Waals surface area (Å²) in [6.07, 6.45) is 1.01. The minimum Gasteiger partial charge on any atom is -0.435 e. The van der Waals surface area contributed by atoms with Crippen LogP contribution in [0.3, 0.4) is 0 Å². The van der Waals surface area contributed by atoms with Crippen molar-refractivity contribution in [3.8, 4) is 5.75 Å². The number of ether oxygens (including phenoxy) is 1. The van der Waals surface area contributed by atoms with Gasteiger partial charge >= 0.3 is 6.61 Å². The van der Waals surface area contributed by atoms with Crippen molar-refractivity contribution in [1.29, 1.82) is 0 Å². The molecule has 25 heavy (non-hydrogen) atoms. The number of halogens is 2. The van der Waals surface area contributed by atoms with Crippen molar-refractivity contribution in [1.82, 2.24) is 5.32 Å². The molecule has 0 spiro atoms. The maximum atomic E-state index is 12.3. The highest BCUT2D eigenvalue weighted by atomic mass is 19.3. The first-order chi connectivity index (χ1) is 12.0. The third-order valence-corrected chi connectivity index (χ3v) is 3.86. The van der Waals surface area contributed by atoms with Crippen LogP contribution in [0.4, 0.5) is 14.5 Å². The molecule has 2 aromatic carbocycles. The van der Waals surface area contributed by atoms with E-state index >= 15 is 0 Å². The molecular weight excluding hydrogens is 330 g/mol. The maximum absolute atomic E-state index is 12.3. The van der Waals surface area contributed by atoms with Gasteiger partial charge in [0.2, 0.25) is 5.91 Å². The number of carbonyl (C=O) groups is 2. The normalized spacial score (nSPS) is 13.2. The zero-order chi connectivity index (χ0) is 17.8. The van der Waals surface area contributed by atoms with Crippen LogP contribution < -0.4 is 15.4 Å². The van der Waals surface area contributed by atoms with Crippen molar-refractivity contribution in [2.45, 2.75) is 26.0 Å². The van der Waals surface area contributed by atoms with Gasteiger partial charge in [-0.2, -0.15) is 8.78 Å². The second kappa shape index (κ2) is 7.29. The van der Waals surface area contributed by atoms with Crippen molar-refractivity contribution < 1.29 is 23.1 Å². The van der Waals surface area contributed by atoms with E-state index in [9.17, 15) is 18.4 Å². The van der Waals surface area contributed by atoms with Gasteiger partial charge in [0.15, 0.2) is 0 Å². The van der Waals surface area contributed by atoms with E-state index in [1.807, 2.05) is 0 Å². The Kier molecular flexibility index (Phi) is 4.92. The number of amides is 2. The zero-order valence-corrected chi connectivity index (χ0v) is 13.2. The van der Waals surface area contributed by atoms with E-state index in [4.69, 9.17) is 0 Å². The molecule has 0 atom stereocenters. The fraction of sp³-hybridized carbons (Fsp3) is 0.222. The highest BCUT2D eigenvalue weighted by Crippen LogP contribution is 2.23. The number of alkyl halides is 2. The van der Waals surface area contributed by atoms with E-state index in [1.54, 1.807) is 30.3 Å². The SMILES string of the molecule is O=C1CCc2cc(C(=O)NCc3ccc(OC(F)F)cc3)ccc2N1. The standard InChI is InChI=1S/C18H16F2N2O3/c19-18(20)25-14-5-1-11(2-6-14)10-21-17(24)13-3-7-15-12(9-13)4-8-16(23)22-15/h1-3,5-7,9,18H,4,8,10H2,(H,21,24)(H,22,23). The summed E-state index contributed by atoms with van der Waals surface area (Å²) >= 11 is 0. The van der Waals surface area contributed by atoms with Gasteiger partial charge in [0.1, 0.15) is 5.75 Å². The molecule has 0 aliphatic carbocycles. The molecule has 0 radical (unpaired) electrons. The Labute approximate surface area is 143 Å². The van der Waals surface area contributed by atoms with Crippen LogP contribution in [0.2, 0.25) is 0 Å². The van der Waals surface area contributed by atoms with Crippen LogP contribution in [0.25, 0.3) is 0 Å². The lowest BCUT2D eigenvalue weighted by Gasteiger charge is -2.17. The fourth-order valence-electron chi connectivity index (χ4n) is 2.60. The highest BCUT2D eigenvalue weighted by molar-refractivity contribution is 5.97. The molecule has 1 heterocycles. The number of carbonyl (C=O) groups excluding carboxylic acids is 2. The zero-order valence-electron chi connectivity index (χ0n) is 13.2. The van der Waals surface area contributed by atoms with E-state index in [-0.39, 0.29) is 24.1 Å². The molecule has 2 amide bonds. The minimum atomic E-state index is -2.86. The summed E-state index contributed by atoms with van der Waals surface area (Å²) in [4.78, 5) is 23.6. The summed E-state index contributed by atoms with van der Waals surface area (Å²) in [5.41, 5.74) is 2.94. The van der Waals surface area contributed by atoms with Gasteiger partial charge in [0, 0.05) is 24.2 Å². The summed E-state index contributed by atoms with van der Waals surface area (Å²) in [7, 11) is 0. The topological polar surface area (TPSA) is 67.4 Å². The Morgan fingerprint density at radius 2 is 1.92 bits per heavy atom. The fourth-order valence-corrected chi connectivity index (χ4v) is 2.60. The first-order valence-electron chi connectivity index (χ1n) is 7.76. The van der Waals surface area contributed by atoms with Crippen LogP contribution in [-0.4, -0.2) is 18.4 Å². The van der Waals surface area contributed by atoms with Crippen LogP contribution in [0.15, 0.2) is 42.5 Å². The molecule has 3 rings (SSSR count). The first kappa shape index (κ1) is 16.9. The quantitative estimate of drug-likeness (QED) is 0.874. The van der Waals surface area contributed by atoms with Gasteiger partial charge in [-0.05, 0) is 47.9 Å².